The highest BCUT2D eigenvalue weighted by atomic mass is 32.1. The van der Waals surface area contributed by atoms with Gasteiger partial charge in [-0.15, -0.1) is 0 Å². The smallest absolute Gasteiger partial charge is 0.103 e. The molecule has 0 atom stereocenters. The predicted octanol–water partition coefficient (Wildman–Crippen LogP) is 1.64. The molecule has 0 saturated carbocycles. The van der Waals surface area contributed by atoms with Crippen LogP contribution >= 0.6 is 11.5 Å². The molecule has 2 rings (SSSR count). The Kier molecular flexibility index (Phi) is 0.960. The van der Waals surface area contributed by atoms with Gasteiger partial charge in [-0.1, -0.05) is 0 Å². The number of hydrogen-bond acceptors (Lipinski definition) is 3. The normalized spacial score (nSPS) is 10.2. The van der Waals surface area contributed by atoms with Gasteiger partial charge in [0.15, 0.2) is 0 Å². The van der Waals surface area contributed by atoms with Crippen LogP contribution < -0.4 is 0 Å². The molecule has 0 bridgehead atoms. The average Bonchev–Trinajstić information content (AvgIpc) is 2.33. The topological polar surface area (TPSA) is 25.8 Å². The van der Waals surface area contributed by atoms with Gasteiger partial charge in [-0.05, 0) is 23.7 Å². The van der Waals surface area contributed by atoms with Gasteiger partial charge in [-0.2, -0.15) is 4.37 Å². The number of fused-ring (bicyclic) bond motifs is 1. The first-order valence-electron chi connectivity index (χ1n) is 2.62. The summed E-state index contributed by atoms with van der Waals surface area (Å²) in [4.78, 5) is 4.06. The van der Waals surface area contributed by atoms with Crippen molar-refractivity contribution in [1.82, 2.24) is 9.36 Å². The summed E-state index contributed by atoms with van der Waals surface area (Å²) in [5, 5.41) is 1.93. The molecule has 0 radical (unpaired) electrons. The molecule has 9 heavy (non-hydrogen) atoms. The van der Waals surface area contributed by atoms with Gasteiger partial charge >= 0.3 is 0 Å². The zero-order valence-electron chi connectivity index (χ0n) is 4.61. The van der Waals surface area contributed by atoms with Crippen molar-refractivity contribution in [1.29, 1.82) is 0 Å². The summed E-state index contributed by atoms with van der Waals surface area (Å²) in [7, 11) is 0. The Morgan fingerprint density at radius 2 is 2.22 bits per heavy atom. The first-order valence-corrected chi connectivity index (χ1v) is 3.45. The van der Waals surface area contributed by atoms with Crippen molar-refractivity contribution in [3.63, 3.8) is 0 Å². The molecule has 44 valence electrons. The minimum Gasteiger partial charge on any atom is -0.254 e. The van der Waals surface area contributed by atoms with E-state index in [1.165, 1.54) is 11.5 Å². The zero-order valence-corrected chi connectivity index (χ0v) is 5.43. The molecule has 0 aromatic heterocycles. The van der Waals surface area contributed by atoms with E-state index in [1.807, 2.05) is 17.5 Å². The van der Waals surface area contributed by atoms with Crippen molar-refractivity contribution >= 4 is 11.5 Å². The molecule has 0 saturated heterocycles. The fourth-order valence-corrected chi connectivity index (χ4v) is 1.25. The summed E-state index contributed by atoms with van der Waals surface area (Å²) in [5.74, 6) is 0. The van der Waals surface area contributed by atoms with Crippen molar-refractivity contribution in [3.8, 4) is 11.4 Å². The molecule has 0 unspecified atom stereocenters. The maximum atomic E-state index is 4.12. The van der Waals surface area contributed by atoms with Crippen molar-refractivity contribution in [2.75, 3.05) is 0 Å². The summed E-state index contributed by atoms with van der Waals surface area (Å²) in [6.45, 7) is 0. The van der Waals surface area contributed by atoms with E-state index >= 15 is 0 Å². The van der Waals surface area contributed by atoms with Gasteiger partial charge in [0, 0.05) is 11.6 Å². The largest absolute Gasteiger partial charge is 0.254 e. The molecule has 3 heteroatoms. The molecule has 0 aliphatic carbocycles. The van der Waals surface area contributed by atoms with E-state index in [0.29, 0.717) is 0 Å². The van der Waals surface area contributed by atoms with E-state index in [9.17, 15) is 0 Å². The summed E-state index contributed by atoms with van der Waals surface area (Å²) < 4.78 is 4.12. The molecule has 2 heterocycles. The van der Waals surface area contributed by atoms with Gasteiger partial charge in [0.25, 0.3) is 0 Å². The van der Waals surface area contributed by atoms with Crippen LogP contribution in [0, 0.1) is 0 Å². The van der Waals surface area contributed by atoms with E-state index in [4.69, 9.17) is 0 Å². The SMILES string of the molecule is c1cc2nsccc-2n1. The van der Waals surface area contributed by atoms with Crippen LogP contribution in [0.4, 0.5) is 0 Å². The minimum absolute atomic E-state index is 0.980. The molecule has 0 aromatic carbocycles. The maximum absolute atomic E-state index is 4.12. The van der Waals surface area contributed by atoms with Gasteiger partial charge in [-0.3, -0.25) is 4.98 Å². The van der Waals surface area contributed by atoms with Crippen molar-refractivity contribution in [2.24, 2.45) is 0 Å². The molecular weight excluding hydrogens is 132 g/mol. The molecule has 0 fully saturated rings. The fraction of sp³-hybridized carbons (Fsp3) is 0. The van der Waals surface area contributed by atoms with E-state index in [1.54, 1.807) is 6.20 Å². The van der Waals surface area contributed by atoms with E-state index < -0.39 is 0 Å². The van der Waals surface area contributed by atoms with Crippen LogP contribution in [0.2, 0.25) is 0 Å². The second-order valence-electron chi connectivity index (χ2n) is 1.71. The predicted molar refractivity (Wildman–Crippen MR) is 36.5 cm³/mol. The number of nitrogens with zero attached hydrogens (tertiary/aromatic N) is 2. The third-order valence-electron chi connectivity index (χ3n) is 1.15. The van der Waals surface area contributed by atoms with Crippen LogP contribution in [-0.2, 0) is 0 Å². The Bertz CT molecular complexity index is 251. The molecule has 0 amide bonds. The van der Waals surface area contributed by atoms with Gasteiger partial charge in [0.1, 0.15) is 5.69 Å². The Morgan fingerprint density at radius 1 is 1.22 bits per heavy atom. The van der Waals surface area contributed by atoms with Crippen LogP contribution in [0.3, 0.4) is 0 Å². The van der Waals surface area contributed by atoms with Gasteiger partial charge in [0.05, 0.1) is 5.69 Å². The Morgan fingerprint density at radius 3 is 3.11 bits per heavy atom. The first kappa shape index (κ1) is 4.88. The molecule has 2 aliphatic heterocycles. The Hall–Kier alpha value is -0.960. The second-order valence-corrected chi connectivity index (χ2v) is 2.38. The van der Waals surface area contributed by atoms with Gasteiger partial charge in [0.2, 0.25) is 0 Å². The monoisotopic (exact) mass is 136 g/mol. The average molecular weight is 136 g/mol. The van der Waals surface area contributed by atoms with Gasteiger partial charge in [-0.25, -0.2) is 0 Å². The lowest BCUT2D eigenvalue weighted by atomic mass is 10.3. The van der Waals surface area contributed by atoms with Crippen LogP contribution in [0.5, 0.6) is 0 Å². The van der Waals surface area contributed by atoms with Crippen molar-refractivity contribution in [3.05, 3.63) is 23.7 Å². The highest BCUT2D eigenvalue weighted by Crippen LogP contribution is 2.16. The van der Waals surface area contributed by atoms with E-state index in [0.717, 1.165) is 11.4 Å². The Balaban J connectivity index is 2.79. The molecule has 2 aliphatic rings. The lowest BCUT2D eigenvalue weighted by Gasteiger charge is -1.88. The van der Waals surface area contributed by atoms with E-state index in [2.05, 4.69) is 9.36 Å². The third kappa shape index (κ3) is 0.695. The van der Waals surface area contributed by atoms with Crippen molar-refractivity contribution in [2.45, 2.75) is 0 Å². The standard InChI is InChI=1S/C6H4N2S/c1-3-7-5-2-4-9-8-6(1)5/h1-4H. The highest BCUT2D eigenvalue weighted by molar-refractivity contribution is 7.03. The lowest BCUT2D eigenvalue weighted by molar-refractivity contribution is 1.39. The summed E-state index contributed by atoms with van der Waals surface area (Å²) in [6.07, 6.45) is 1.77. The number of aromatic nitrogens is 2. The third-order valence-corrected chi connectivity index (χ3v) is 1.71. The quantitative estimate of drug-likeness (QED) is 0.550. The molecular formula is C6H4N2S. The lowest BCUT2D eigenvalue weighted by Crippen LogP contribution is -1.74. The summed E-state index contributed by atoms with van der Waals surface area (Å²) in [6, 6.07) is 3.87. The molecule has 0 spiro atoms. The van der Waals surface area contributed by atoms with Crippen LogP contribution in [0.25, 0.3) is 11.4 Å². The number of hydrogen-bond donors (Lipinski definition) is 0. The summed E-state index contributed by atoms with van der Waals surface area (Å²) >= 11 is 1.45. The molecule has 2 nitrogen and oxygen atoms in total. The molecule has 0 N–H and O–H groups in total. The second kappa shape index (κ2) is 1.77. The highest BCUT2D eigenvalue weighted by Gasteiger charge is 2.00. The van der Waals surface area contributed by atoms with E-state index in [-0.39, 0.29) is 0 Å². The molecule has 0 aromatic rings. The number of rotatable bonds is 0. The maximum Gasteiger partial charge on any atom is 0.103 e. The van der Waals surface area contributed by atoms with Crippen LogP contribution in [0.15, 0.2) is 23.7 Å². The van der Waals surface area contributed by atoms with Crippen molar-refractivity contribution < 1.29 is 0 Å². The van der Waals surface area contributed by atoms with Gasteiger partial charge < -0.3 is 0 Å². The minimum atomic E-state index is 0.980. The first-order chi connectivity index (χ1) is 4.47. The summed E-state index contributed by atoms with van der Waals surface area (Å²) in [5.41, 5.74) is 1.97. The zero-order chi connectivity index (χ0) is 6.10. The van der Waals surface area contributed by atoms with Crippen LogP contribution in [-0.4, -0.2) is 9.36 Å². The van der Waals surface area contributed by atoms with Crippen LogP contribution in [0.1, 0.15) is 0 Å². The Labute approximate surface area is 56.7 Å². The fourth-order valence-electron chi connectivity index (χ4n) is 0.727.